The van der Waals surface area contributed by atoms with E-state index in [-0.39, 0.29) is 10.7 Å². The first-order valence-corrected chi connectivity index (χ1v) is 9.87. The maximum absolute atomic E-state index is 12.0. The zero-order valence-electron chi connectivity index (χ0n) is 14.5. The Bertz CT molecular complexity index is 863. The molecule has 1 heterocycles. The van der Waals surface area contributed by atoms with E-state index in [9.17, 15) is 13.2 Å². The molecular formula is C17H20N2O4S2. The Kier molecular flexibility index (Phi) is 6.21. The summed E-state index contributed by atoms with van der Waals surface area (Å²) < 4.78 is 30.6. The molecule has 0 atom stereocenters. The summed E-state index contributed by atoms with van der Waals surface area (Å²) in [5.74, 6) is 1.24. The summed E-state index contributed by atoms with van der Waals surface area (Å²) in [6.07, 6.45) is 1.35. The summed E-state index contributed by atoms with van der Waals surface area (Å²) in [7, 11) is 1.05. The summed E-state index contributed by atoms with van der Waals surface area (Å²) in [4.78, 5) is 15.9. The average Bonchev–Trinajstić information content (AvgIpc) is 2.59. The Morgan fingerprint density at radius 2 is 1.96 bits per heavy atom. The highest BCUT2D eigenvalue weighted by molar-refractivity contribution is 7.98. The van der Waals surface area contributed by atoms with E-state index in [4.69, 9.17) is 4.74 Å². The van der Waals surface area contributed by atoms with Gasteiger partial charge >= 0.3 is 0 Å². The van der Waals surface area contributed by atoms with Gasteiger partial charge in [-0.05, 0) is 37.3 Å². The van der Waals surface area contributed by atoms with Crippen molar-refractivity contribution in [1.29, 1.82) is 0 Å². The van der Waals surface area contributed by atoms with Gasteiger partial charge in [-0.1, -0.05) is 0 Å². The van der Waals surface area contributed by atoms with Crippen molar-refractivity contribution in [3.63, 3.8) is 0 Å². The van der Waals surface area contributed by atoms with Gasteiger partial charge in [-0.2, -0.15) is 0 Å². The van der Waals surface area contributed by atoms with Crippen LogP contribution < -0.4 is 4.74 Å². The maximum atomic E-state index is 12.0. The number of methoxy groups -OCH3 is 1. The maximum Gasteiger partial charge on any atom is 0.244 e. The third-order valence-electron chi connectivity index (χ3n) is 3.55. The second-order valence-corrected chi connectivity index (χ2v) is 8.64. The van der Waals surface area contributed by atoms with E-state index in [1.807, 2.05) is 0 Å². The largest absolute Gasteiger partial charge is 0.496 e. The van der Waals surface area contributed by atoms with Crippen LogP contribution in [0.15, 0.2) is 46.5 Å². The smallest absolute Gasteiger partial charge is 0.244 e. The second kappa shape index (κ2) is 7.99. The molecule has 0 amide bonds. The fraction of sp³-hybridized carbons (Fsp3) is 0.294. The second-order valence-electron chi connectivity index (χ2n) is 5.49. The Balaban J connectivity index is 2.17. The first-order valence-electron chi connectivity index (χ1n) is 7.45. The average molecular weight is 380 g/mol. The fourth-order valence-corrected chi connectivity index (χ4v) is 3.75. The quantitative estimate of drug-likeness (QED) is 0.543. The lowest BCUT2D eigenvalue weighted by molar-refractivity contribution is 0.101. The number of hydrogen-bond donors (Lipinski definition) is 0. The monoisotopic (exact) mass is 380 g/mol. The number of ether oxygens (including phenoxy) is 1. The first kappa shape index (κ1) is 19.4. The first-order chi connectivity index (χ1) is 11.8. The van der Waals surface area contributed by atoms with Crippen LogP contribution in [0.5, 0.6) is 5.75 Å². The SMILES string of the molecule is COc1ccc(C(C)=O)cc1CSc1ccc(S(=O)(=O)N(C)C)cn1. The normalized spacial score (nSPS) is 11.6. The van der Waals surface area contributed by atoms with Gasteiger partial charge in [0.25, 0.3) is 0 Å². The van der Waals surface area contributed by atoms with E-state index < -0.39 is 10.0 Å². The molecule has 25 heavy (non-hydrogen) atoms. The third kappa shape index (κ3) is 4.59. The number of ketones is 1. The van der Waals surface area contributed by atoms with Crippen LogP contribution in [0, 0.1) is 0 Å². The van der Waals surface area contributed by atoms with Crippen LogP contribution in [-0.2, 0) is 15.8 Å². The number of rotatable bonds is 7. The zero-order chi connectivity index (χ0) is 18.6. The highest BCUT2D eigenvalue weighted by Gasteiger charge is 2.17. The Morgan fingerprint density at radius 3 is 2.48 bits per heavy atom. The highest BCUT2D eigenvalue weighted by atomic mass is 32.2. The van der Waals surface area contributed by atoms with E-state index in [1.54, 1.807) is 31.4 Å². The van der Waals surface area contributed by atoms with Crippen molar-refractivity contribution in [3.05, 3.63) is 47.7 Å². The van der Waals surface area contributed by atoms with Crippen molar-refractivity contribution in [3.8, 4) is 5.75 Å². The van der Waals surface area contributed by atoms with E-state index in [1.165, 1.54) is 45.0 Å². The number of carbonyl (C=O) groups is 1. The molecule has 0 aliphatic rings. The van der Waals surface area contributed by atoms with Crippen molar-refractivity contribution in [2.45, 2.75) is 22.6 Å². The van der Waals surface area contributed by atoms with E-state index >= 15 is 0 Å². The number of sulfonamides is 1. The Hall–Kier alpha value is -1.90. The van der Waals surface area contributed by atoms with Crippen LogP contribution in [0.3, 0.4) is 0 Å². The lowest BCUT2D eigenvalue weighted by atomic mass is 10.1. The molecule has 6 nitrogen and oxygen atoms in total. The predicted octanol–water partition coefficient (Wildman–Crippen LogP) is 2.84. The van der Waals surface area contributed by atoms with Gasteiger partial charge in [0, 0.05) is 37.2 Å². The molecule has 0 bridgehead atoms. The highest BCUT2D eigenvalue weighted by Crippen LogP contribution is 2.28. The number of pyridine rings is 1. The third-order valence-corrected chi connectivity index (χ3v) is 6.34. The van der Waals surface area contributed by atoms with Crippen molar-refractivity contribution >= 4 is 27.6 Å². The molecule has 1 aromatic carbocycles. The summed E-state index contributed by atoms with van der Waals surface area (Å²) in [5, 5.41) is 0.688. The molecular weight excluding hydrogens is 360 g/mol. The van der Waals surface area contributed by atoms with Crippen molar-refractivity contribution in [2.24, 2.45) is 0 Å². The number of nitrogens with zero attached hydrogens (tertiary/aromatic N) is 2. The van der Waals surface area contributed by atoms with Crippen LogP contribution in [0.25, 0.3) is 0 Å². The Morgan fingerprint density at radius 1 is 1.24 bits per heavy atom. The summed E-state index contributed by atoms with van der Waals surface area (Å²) in [6, 6.07) is 8.51. The van der Waals surface area contributed by atoms with Gasteiger partial charge in [0.1, 0.15) is 10.6 Å². The van der Waals surface area contributed by atoms with Crippen LogP contribution in [-0.4, -0.2) is 44.7 Å². The number of aromatic nitrogens is 1. The van der Waals surface area contributed by atoms with Gasteiger partial charge in [0.2, 0.25) is 10.0 Å². The van der Waals surface area contributed by atoms with Crippen molar-refractivity contribution in [1.82, 2.24) is 9.29 Å². The van der Waals surface area contributed by atoms with Crippen molar-refractivity contribution < 1.29 is 17.9 Å². The van der Waals surface area contributed by atoms with Crippen LogP contribution >= 0.6 is 11.8 Å². The van der Waals surface area contributed by atoms with Crippen molar-refractivity contribution in [2.75, 3.05) is 21.2 Å². The topological polar surface area (TPSA) is 76.6 Å². The van der Waals surface area contributed by atoms with Crippen LogP contribution in [0.1, 0.15) is 22.8 Å². The number of hydrogen-bond acceptors (Lipinski definition) is 6. The lowest BCUT2D eigenvalue weighted by Gasteiger charge is -2.11. The number of carbonyl (C=O) groups excluding carboxylic acids is 1. The molecule has 0 spiro atoms. The van der Waals surface area contributed by atoms with Gasteiger partial charge in [0.05, 0.1) is 12.1 Å². The summed E-state index contributed by atoms with van der Waals surface area (Å²) in [5.41, 5.74) is 1.50. The van der Waals surface area contributed by atoms with E-state index in [2.05, 4.69) is 4.98 Å². The molecule has 134 valence electrons. The Labute approximate surface area is 152 Å². The number of thioether (sulfide) groups is 1. The molecule has 0 N–H and O–H groups in total. The molecule has 0 fully saturated rings. The van der Waals surface area contributed by atoms with Crippen LogP contribution in [0.2, 0.25) is 0 Å². The summed E-state index contributed by atoms with van der Waals surface area (Å²) >= 11 is 1.44. The molecule has 0 unspecified atom stereocenters. The molecule has 1 aromatic heterocycles. The zero-order valence-corrected chi connectivity index (χ0v) is 16.1. The molecule has 8 heteroatoms. The van der Waals surface area contributed by atoms with Gasteiger partial charge in [0.15, 0.2) is 5.78 Å². The lowest BCUT2D eigenvalue weighted by Crippen LogP contribution is -2.22. The minimum atomic E-state index is -3.48. The molecule has 0 aliphatic heterocycles. The molecule has 0 aliphatic carbocycles. The van der Waals surface area contributed by atoms with Crippen LogP contribution in [0.4, 0.5) is 0 Å². The fourth-order valence-electron chi connectivity index (χ4n) is 2.08. The van der Waals surface area contributed by atoms with Gasteiger partial charge < -0.3 is 4.74 Å². The molecule has 2 rings (SSSR count). The summed E-state index contributed by atoms with van der Waals surface area (Å²) in [6.45, 7) is 1.52. The number of benzene rings is 1. The minimum absolute atomic E-state index is 0.00901. The van der Waals surface area contributed by atoms with Gasteiger partial charge in [-0.25, -0.2) is 17.7 Å². The molecule has 0 radical (unpaired) electrons. The van der Waals surface area contributed by atoms with E-state index in [0.717, 1.165) is 9.87 Å². The molecule has 2 aromatic rings. The molecule has 0 saturated carbocycles. The predicted molar refractivity (Wildman–Crippen MR) is 97.7 cm³/mol. The van der Waals surface area contributed by atoms with Gasteiger partial charge in [-0.3, -0.25) is 4.79 Å². The van der Waals surface area contributed by atoms with Gasteiger partial charge in [-0.15, -0.1) is 11.8 Å². The van der Waals surface area contributed by atoms with E-state index in [0.29, 0.717) is 22.1 Å². The standard InChI is InChI=1S/C17H20N2O4S2/c1-12(20)13-5-7-16(23-4)14(9-13)11-24-17-8-6-15(10-18-17)25(21,22)19(2)3/h5-10H,11H2,1-4H3. The molecule has 0 saturated heterocycles. The number of Topliss-reactive ketones (excluding diaryl/α,β-unsaturated/α-hetero) is 1. The minimum Gasteiger partial charge on any atom is -0.496 e.